The van der Waals surface area contributed by atoms with Gasteiger partial charge in [0.2, 0.25) is 0 Å². The number of benzene rings is 2. The minimum absolute atomic E-state index is 0.190. The molecule has 0 saturated carbocycles. The fourth-order valence-electron chi connectivity index (χ4n) is 2.29. The van der Waals surface area contributed by atoms with Crippen molar-refractivity contribution in [3.05, 3.63) is 48.0 Å². The molecule has 0 aromatic heterocycles. The summed E-state index contributed by atoms with van der Waals surface area (Å²) in [5, 5.41) is 12.5. The summed E-state index contributed by atoms with van der Waals surface area (Å²) in [5.74, 6) is -0.190. The Morgan fingerprint density at radius 2 is 1.90 bits per heavy atom. The lowest BCUT2D eigenvalue weighted by molar-refractivity contribution is -0.140. The van der Waals surface area contributed by atoms with Crippen molar-refractivity contribution in [2.75, 3.05) is 7.11 Å². The van der Waals surface area contributed by atoms with Crippen molar-refractivity contribution in [2.45, 2.75) is 31.8 Å². The maximum absolute atomic E-state index is 11.0. The third kappa shape index (κ3) is 3.81. The van der Waals surface area contributed by atoms with Gasteiger partial charge in [0, 0.05) is 6.42 Å². The molecule has 0 amide bonds. The van der Waals surface area contributed by atoms with Crippen molar-refractivity contribution >= 4 is 16.7 Å². The van der Waals surface area contributed by atoms with E-state index in [4.69, 9.17) is 0 Å². The number of carbonyl (C=O) groups excluding carboxylic acids is 1. The topological polar surface area (TPSA) is 46.5 Å². The molecule has 0 fully saturated rings. The van der Waals surface area contributed by atoms with Crippen LogP contribution in [0.5, 0.6) is 0 Å². The zero-order chi connectivity index (χ0) is 14.4. The van der Waals surface area contributed by atoms with E-state index < -0.39 is 6.10 Å². The number of hydrogen-bond donors (Lipinski definition) is 1. The summed E-state index contributed by atoms with van der Waals surface area (Å²) >= 11 is 0. The summed E-state index contributed by atoms with van der Waals surface area (Å²) in [6.07, 6.45) is 2.16. The van der Waals surface area contributed by atoms with E-state index in [-0.39, 0.29) is 5.97 Å². The third-order valence-electron chi connectivity index (χ3n) is 3.49. The molecule has 1 N–H and O–H groups in total. The average Bonchev–Trinajstić information content (AvgIpc) is 2.50. The number of ether oxygens (including phenoxy) is 1. The molecule has 20 heavy (non-hydrogen) atoms. The highest BCUT2D eigenvalue weighted by molar-refractivity contribution is 5.83. The molecule has 0 spiro atoms. The number of aliphatic hydroxyl groups is 1. The van der Waals surface area contributed by atoms with Crippen LogP contribution in [0, 0.1) is 0 Å². The van der Waals surface area contributed by atoms with Gasteiger partial charge < -0.3 is 9.84 Å². The van der Waals surface area contributed by atoms with Crippen molar-refractivity contribution < 1.29 is 14.6 Å². The fourth-order valence-corrected chi connectivity index (χ4v) is 2.29. The molecule has 2 aromatic rings. The zero-order valence-electron chi connectivity index (χ0n) is 11.7. The van der Waals surface area contributed by atoms with Gasteiger partial charge in [-0.2, -0.15) is 0 Å². The van der Waals surface area contributed by atoms with Gasteiger partial charge in [0.1, 0.15) is 0 Å². The second kappa shape index (κ2) is 7.06. The summed E-state index contributed by atoms with van der Waals surface area (Å²) in [6, 6.07) is 14.1. The van der Waals surface area contributed by atoms with Gasteiger partial charge in [-0.25, -0.2) is 0 Å². The van der Waals surface area contributed by atoms with Gasteiger partial charge in [0.25, 0.3) is 0 Å². The van der Waals surface area contributed by atoms with Gasteiger partial charge in [0.05, 0.1) is 13.2 Å². The van der Waals surface area contributed by atoms with E-state index in [9.17, 15) is 9.90 Å². The van der Waals surface area contributed by atoms with Crippen molar-refractivity contribution in [1.82, 2.24) is 0 Å². The number of aliphatic hydroxyl groups excluding tert-OH is 1. The second-order valence-electron chi connectivity index (χ2n) is 4.94. The molecule has 0 aliphatic carbocycles. The van der Waals surface area contributed by atoms with E-state index in [0.29, 0.717) is 12.8 Å². The highest BCUT2D eigenvalue weighted by atomic mass is 16.5. The molecular weight excluding hydrogens is 252 g/mol. The summed E-state index contributed by atoms with van der Waals surface area (Å²) < 4.78 is 4.59. The van der Waals surface area contributed by atoms with Gasteiger partial charge in [-0.1, -0.05) is 36.4 Å². The fraction of sp³-hybridized carbons (Fsp3) is 0.353. The maximum Gasteiger partial charge on any atom is 0.305 e. The Morgan fingerprint density at radius 1 is 1.15 bits per heavy atom. The van der Waals surface area contributed by atoms with E-state index in [1.807, 2.05) is 36.4 Å². The van der Waals surface area contributed by atoms with Gasteiger partial charge in [0.15, 0.2) is 0 Å². The van der Waals surface area contributed by atoms with Crippen LogP contribution in [0.3, 0.4) is 0 Å². The van der Waals surface area contributed by atoms with Crippen molar-refractivity contribution in [3.63, 3.8) is 0 Å². The first-order valence-corrected chi connectivity index (χ1v) is 6.94. The highest BCUT2D eigenvalue weighted by Crippen LogP contribution is 2.24. The molecular formula is C17H20O3. The van der Waals surface area contributed by atoms with Crippen LogP contribution in [-0.4, -0.2) is 18.2 Å². The average molecular weight is 272 g/mol. The highest BCUT2D eigenvalue weighted by Gasteiger charge is 2.08. The molecule has 0 heterocycles. The van der Waals surface area contributed by atoms with Crippen molar-refractivity contribution in [1.29, 1.82) is 0 Å². The number of unbranched alkanes of at least 4 members (excludes halogenated alkanes) is 1. The number of fused-ring (bicyclic) bond motifs is 1. The number of esters is 1. The predicted molar refractivity (Wildman–Crippen MR) is 79.4 cm³/mol. The standard InChI is InChI=1S/C17H20O3/c1-20-17(19)9-5-4-8-16(18)15-11-10-13-6-2-3-7-14(13)12-15/h2-3,6-7,10-12,16,18H,4-5,8-9H2,1H3. The van der Waals surface area contributed by atoms with Crippen LogP contribution in [0.2, 0.25) is 0 Å². The van der Waals surface area contributed by atoms with Crippen LogP contribution >= 0.6 is 0 Å². The van der Waals surface area contributed by atoms with Gasteiger partial charge in [-0.15, -0.1) is 0 Å². The summed E-state index contributed by atoms with van der Waals surface area (Å²) in [5.41, 5.74) is 0.932. The number of hydrogen-bond acceptors (Lipinski definition) is 3. The van der Waals surface area contributed by atoms with E-state index >= 15 is 0 Å². The number of rotatable bonds is 6. The lowest BCUT2D eigenvalue weighted by Crippen LogP contribution is -2.01. The van der Waals surface area contributed by atoms with Crippen LogP contribution < -0.4 is 0 Å². The number of methoxy groups -OCH3 is 1. The molecule has 0 saturated heterocycles. The van der Waals surface area contributed by atoms with Crippen LogP contribution in [0.4, 0.5) is 0 Å². The van der Waals surface area contributed by atoms with Crippen molar-refractivity contribution in [3.8, 4) is 0 Å². The van der Waals surface area contributed by atoms with E-state index in [2.05, 4.69) is 10.8 Å². The molecule has 3 heteroatoms. The third-order valence-corrected chi connectivity index (χ3v) is 3.49. The zero-order valence-corrected chi connectivity index (χ0v) is 11.7. The molecule has 1 atom stereocenters. The predicted octanol–water partition coefficient (Wildman–Crippen LogP) is 3.61. The lowest BCUT2D eigenvalue weighted by Gasteiger charge is -2.11. The molecule has 0 radical (unpaired) electrons. The first kappa shape index (κ1) is 14.5. The minimum Gasteiger partial charge on any atom is -0.469 e. The van der Waals surface area contributed by atoms with Gasteiger partial charge in [-0.3, -0.25) is 4.79 Å². The largest absolute Gasteiger partial charge is 0.469 e. The summed E-state index contributed by atoms with van der Waals surface area (Å²) in [4.78, 5) is 11.0. The Kier molecular flexibility index (Phi) is 5.13. The first-order chi connectivity index (χ1) is 9.70. The Balaban J connectivity index is 1.90. The molecule has 2 aromatic carbocycles. The van der Waals surface area contributed by atoms with Crippen molar-refractivity contribution in [2.24, 2.45) is 0 Å². The summed E-state index contributed by atoms with van der Waals surface area (Å²) in [6.45, 7) is 0. The minimum atomic E-state index is -0.475. The molecule has 3 nitrogen and oxygen atoms in total. The van der Waals surface area contributed by atoms with Crippen LogP contribution in [-0.2, 0) is 9.53 Å². The molecule has 106 valence electrons. The molecule has 0 aliphatic rings. The second-order valence-corrected chi connectivity index (χ2v) is 4.94. The quantitative estimate of drug-likeness (QED) is 0.645. The lowest BCUT2D eigenvalue weighted by atomic mass is 10.00. The normalized spacial score (nSPS) is 12.3. The molecule has 2 rings (SSSR count). The van der Waals surface area contributed by atoms with E-state index in [0.717, 1.165) is 23.8 Å². The Morgan fingerprint density at radius 3 is 2.65 bits per heavy atom. The molecule has 1 unspecified atom stereocenters. The Bertz CT molecular complexity index is 577. The molecule has 0 bridgehead atoms. The van der Waals surface area contributed by atoms with Crippen LogP contribution in [0.25, 0.3) is 10.8 Å². The number of carbonyl (C=O) groups is 1. The maximum atomic E-state index is 11.0. The van der Waals surface area contributed by atoms with Crippen LogP contribution in [0.15, 0.2) is 42.5 Å². The Labute approximate surface area is 119 Å². The summed E-state index contributed by atoms with van der Waals surface area (Å²) in [7, 11) is 1.40. The Hall–Kier alpha value is -1.87. The van der Waals surface area contributed by atoms with Crippen LogP contribution in [0.1, 0.15) is 37.4 Å². The van der Waals surface area contributed by atoms with Gasteiger partial charge >= 0.3 is 5.97 Å². The van der Waals surface area contributed by atoms with E-state index in [1.165, 1.54) is 12.5 Å². The SMILES string of the molecule is COC(=O)CCCCC(O)c1ccc2ccccc2c1. The van der Waals surface area contributed by atoms with Gasteiger partial charge in [-0.05, 0) is 41.7 Å². The molecule has 0 aliphatic heterocycles. The smallest absolute Gasteiger partial charge is 0.305 e. The first-order valence-electron chi connectivity index (χ1n) is 6.94. The monoisotopic (exact) mass is 272 g/mol. The van der Waals surface area contributed by atoms with E-state index in [1.54, 1.807) is 0 Å².